The van der Waals surface area contributed by atoms with Crippen molar-refractivity contribution in [2.45, 2.75) is 13.8 Å². The van der Waals surface area contributed by atoms with Gasteiger partial charge in [0.2, 0.25) is 0 Å². The van der Waals surface area contributed by atoms with Crippen molar-refractivity contribution < 1.29 is 18.7 Å². The van der Waals surface area contributed by atoms with Crippen LogP contribution in [0.1, 0.15) is 13.8 Å². The molecule has 0 spiro atoms. The van der Waals surface area contributed by atoms with E-state index in [1.807, 2.05) is 26.0 Å². The molecule has 2 aromatic carbocycles. The van der Waals surface area contributed by atoms with Crippen molar-refractivity contribution in [3.63, 3.8) is 0 Å². The second-order valence-corrected chi connectivity index (χ2v) is 4.99. The van der Waals surface area contributed by atoms with Crippen LogP contribution in [0.4, 0.5) is 0 Å². The van der Waals surface area contributed by atoms with Gasteiger partial charge in [-0.1, -0.05) is 20.4 Å². The Balaban J connectivity index is 0.00000117. The summed E-state index contributed by atoms with van der Waals surface area (Å²) in [4.78, 5) is 23.6. The first kappa shape index (κ1) is 19.0. The van der Waals surface area contributed by atoms with E-state index >= 15 is 0 Å². The minimum Gasteiger partial charge on any atom is -0.497 e. The molecule has 0 saturated carbocycles. The molecule has 5 nitrogen and oxygen atoms in total. The zero-order valence-electron chi connectivity index (χ0n) is 14.9. The quantitative estimate of drug-likeness (QED) is 0.390. The van der Waals surface area contributed by atoms with Crippen LogP contribution in [0.2, 0.25) is 0 Å². The fourth-order valence-electron chi connectivity index (χ4n) is 2.25. The SMILES string of the molecule is C=CC(=O)Oc1ccc2oc(-c3ccc(OC)cc3)cc(=O)c2c1.CC. The van der Waals surface area contributed by atoms with Crippen LogP contribution in [0, 0.1) is 0 Å². The van der Waals surface area contributed by atoms with Gasteiger partial charge in [0, 0.05) is 17.7 Å². The molecule has 3 rings (SSSR count). The first-order chi connectivity index (χ1) is 12.6. The third-order valence-electron chi connectivity index (χ3n) is 3.46. The van der Waals surface area contributed by atoms with E-state index < -0.39 is 5.97 Å². The van der Waals surface area contributed by atoms with Gasteiger partial charge in [0.1, 0.15) is 22.8 Å². The van der Waals surface area contributed by atoms with Crippen molar-refractivity contribution in [1.82, 2.24) is 0 Å². The van der Waals surface area contributed by atoms with E-state index in [0.717, 1.165) is 17.4 Å². The maximum atomic E-state index is 12.4. The molecule has 1 aromatic heterocycles. The molecular weight excluding hydrogens is 332 g/mol. The third kappa shape index (κ3) is 4.19. The Kier molecular flexibility index (Phi) is 6.33. The van der Waals surface area contributed by atoms with Crippen molar-refractivity contribution in [2.24, 2.45) is 0 Å². The van der Waals surface area contributed by atoms with Crippen LogP contribution in [-0.2, 0) is 4.79 Å². The van der Waals surface area contributed by atoms with Crippen LogP contribution < -0.4 is 14.9 Å². The Labute approximate surface area is 151 Å². The Bertz CT molecular complexity index is 968. The highest BCUT2D eigenvalue weighted by Gasteiger charge is 2.09. The van der Waals surface area contributed by atoms with Gasteiger partial charge in [-0.25, -0.2) is 4.79 Å². The largest absolute Gasteiger partial charge is 0.497 e. The molecule has 0 radical (unpaired) electrons. The molecule has 0 fully saturated rings. The molecule has 0 N–H and O–H groups in total. The standard InChI is InChI=1S/C19H14O5.C2H6/c1-3-19(21)23-14-8-9-17-15(10-14)16(20)11-18(24-17)12-4-6-13(22-2)7-5-12;1-2/h3-11H,1H2,2H3;1-2H3. The van der Waals surface area contributed by atoms with Crippen LogP contribution in [-0.4, -0.2) is 13.1 Å². The summed E-state index contributed by atoms with van der Waals surface area (Å²) in [5.74, 6) is 0.840. The first-order valence-corrected chi connectivity index (χ1v) is 8.17. The second-order valence-electron chi connectivity index (χ2n) is 4.99. The maximum Gasteiger partial charge on any atom is 0.335 e. The van der Waals surface area contributed by atoms with Gasteiger partial charge in [-0.2, -0.15) is 0 Å². The highest BCUT2D eigenvalue weighted by atomic mass is 16.5. The van der Waals surface area contributed by atoms with E-state index in [-0.39, 0.29) is 11.2 Å². The van der Waals surface area contributed by atoms with E-state index in [1.54, 1.807) is 31.4 Å². The van der Waals surface area contributed by atoms with Crippen LogP contribution >= 0.6 is 0 Å². The maximum absolute atomic E-state index is 12.4. The van der Waals surface area contributed by atoms with Crippen LogP contribution in [0.5, 0.6) is 11.5 Å². The van der Waals surface area contributed by atoms with Crippen molar-refractivity contribution in [1.29, 1.82) is 0 Å². The van der Waals surface area contributed by atoms with Gasteiger partial charge < -0.3 is 13.9 Å². The van der Waals surface area contributed by atoms with Crippen molar-refractivity contribution >= 4 is 16.9 Å². The van der Waals surface area contributed by atoms with Gasteiger partial charge in [0.25, 0.3) is 0 Å². The summed E-state index contributed by atoms with van der Waals surface area (Å²) in [5.41, 5.74) is 0.947. The number of fused-ring (bicyclic) bond motifs is 1. The van der Waals surface area contributed by atoms with E-state index in [4.69, 9.17) is 13.9 Å². The Hall–Kier alpha value is -3.34. The summed E-state index contributed by atoms with van der Waals surface area (Å²) in [6.07, 6.45) is 1.06. The molecule has 26 heavy (non-hydrogen) atoms. The lowest BCUT2D eigenvalue weighted by atomic mass is 10.1. The molecule has 0 atom stereocenters. The molecule has 0 aliphatic carbocycles. The summed E-state index contributed by atoms with van der Waals surface area (Å²) in [6.45, 7) is 7.33. The van der Waals surface area contributed by atoms with Crippen LogP contribution in [0.3, 0.4) is 0 Å². The van der Waals surface area contributed by atoms with Crippen molar-refractivity contribution in [3.05, 3.63) is 71.4 Å². The highest BCUT2D eigenvalue weighted by molar-refractivity contribution is 5.85. The summed E-state index contributed by atoms with van der Waals surface area (Å²) < 4.78 is 15.9. The smallest absolute Gasteiger partial charge is 0.335 e. The first-order valence-electron chi connectivity index (χ1n) is 8.17. The van der Waals surface area contributed by atoms with Gasteiger partial charge >= 0.3 is 5.97 Å². The van der Waals surface area contributed by atoms with Gasteiger partial charge in [-0.3, -0.25) is 4.79 Å². The minimum atomic E-state index is -0.589. The molecule has 3 aromatic rings. The molecule has 0 amide bonds. The van der Waals surface area contributed by atoms with Crippen molar-refractivity contribution in [2.75, 3.05) is 7.11 Å². The summed E-state index contributed by atoms with van der Waals surface area (Å²) in [5, 5.41) is 0.335. The Morgan fingerprint density at radius 1 is 1.04 bits per heavy atom. The molecule has 0 saturated heterocycles. The lowest BCUT2D eigenvalue weighted by Crippen LogP contribution is -2.05. The average Bonchev–Trinajstić information content (AvgIpc) is 2.69. The predicted octanol–water partition coefficient (Wildman–Crippen LogP) is 4.59. The van der Waals surface area contributed by atoms with Crippen molar-refractivity contribution in [3.8, 4) is 22.8 Å². The molecule has 5 heteroatoms. The van der Waals surface area contributed by atoms with Gasteiger partial charge in [0.05, 0.1) is 12.5 Å². The fraction of sp³-hybridized carbons (Fsp3) is 0.143. The molecule has 1 heterocycles. The number of carbonyl (C=O) groups is 1. The van der Waals surface area contributed by atoms with E-state index in [0.29, 0.717) is 16.7 Å². The molecule has 0 bridgehead atoms. The van der Waals surface area contributed by atoms with Gasteiger partial charge in [-0.15, -0.1) is 0 Å². The van der Waals surface area contributed by atoms with Crippen LogP contribution in [0.25, 0.3) is 22.3 Å². The number of methoxy groups -OCH3 is 1. The minimum absolute atomic E-state index is 0.224. The number of esters is 1. The molecule has 0 aliphatic heterocycles. The number of hydrogen-bond donors (Lipinski definition) is 0. The third-order valence-corrected chi connectivity index (χ3v) is 3.46. The molecule has 0 aliphatic rings. The number of rotatable bonds is 4. The monoisotopic (exact) mass is 352 g/mol. The lowest BCUT2D eigenvalue weighted by molar-refractivity contribution is -0.128. The van der Waals surface area contributed by atoms with Gasteiger partial charge in [-0.05, 0) is 42.5 Å². The second kappa shape index (κ2) is 8.67. The number of benzene rings is 2. The van der Waals surface area contributed by atoms with Crippen LogP contribution in [0.15, 0.2) is 70.4 Å². The number of hydrogen-bond acceptors (Lipinski definition) is 5. The van der Waals surface area contributed by atoms with E-state index in [2.05, 4.69) is 6.58 Å². The van der Waals surface area contributed by atoms with E-state index in [1.165, 1.54) is 12.1 Å². The number of ether oxygens (including phenoxy) is 2. The number of carbonyl (C=O) groups excluding carboxylic acids is 1. The Morgan fingerprint density at radius 3 is 2.31 bits per heavy atom. The molecular formula is C21H20O5. The Morgan fingerprint density at radius 2 is 1.69 bits per heavy atom. The average molecular weight is 352 g/mol. The topological polar surface area (TPSA) is 65.7 Å². The molecule has 134 valence electrons. The summed E-state index contributed by atoms with van der Waals surface area (Å²) in [6, 6.07) is 13.2. The highest BCUT2D eigenvalue weighted by Crippen LogP contribution is 2.26. The molecule has 0 unspecified atom stereocenters. The summed E-state index contributed by atoms with van der Waals surface area (Å²) in [7, 11) is 1.59. The zero-order chi connectivity index (χ0) is 19.1. The van der Waals surface area contributed by atoms with E-state index in [9.17, 15) is 9.59 Å². The fourth-order valence-corrected chi connectivity index (χ4v) is 2.25. The predicted molar refractivity (Wildman–Crippen MR) is 102 cm³/mol. The van der Waals surface area contributed by atoms with Gasteiger partial charge in [0.15, 0.2) is 5.43 Å². The normalized spacial score (nSPS) is 9.81. The summed E-state index contributed by atoms with van der Waals surface area (Å²) >= 11 is 0. The lowest BCUT2D eigenvalue weighted by Gasteiger charge is -2.06. The zero-order valence-corrected chi connectivity index (χ0v) is 14.9.